The standard InChI is InChI=1S/C25H27N9S2/c1-2-14-36-25-28-22(31-32-24(35)27-15-17-8-4-3-5-9-17)21-23(29-25)34(33-30-21)13-12-18-16-26-20-11-7-6-10-19(18)20/h3-11,16,26H,2,12-15H2,1H3,(H2,27,32,35)(H,28,29,31). The summed E-state index contributed by atoms with van der Waals surface area (Å²) in [5, 5.41) is 14.3. The third kappa shape index (κ3) is 5.58. The van der Waals surface area contributed by atoms with Crippen molar-refractivity contribution in [3.8, 4) is 0 Å². The number of hydrogen-bond donors (Lipinski definition) is 4. The monoisotopic (exact) mass is 517 g/mol. The molecule has 0 bridgehead atoms. The Balaban J connectivity index is 1.31. The molecule has 3 aromatic heterocycles. The van der Waals surface area contributed by atoms with Crippen LogP contribution in [0.1, 0.15) is 24.5 Å². The van der Waals surface area contributed by atoms with Gasteiger partial charge in [0.1, 0.15) is 0 Å². The minimum Gasteiger partial charge on any atom is -0.361 e. The number of thioether (sulfide) groups is 1. The Hall–Kier alpha value is -3.70. The molecule has 0 fully saturated rings. The number of para-hydroxylation sites is 1. The Morgan fingerprint density at radius 2 is 1.92 bits per heavy atom. The van der Waals surface area contributed by atoms with Crippen LogP contribution in [0.5, 0.6) is 0 Å². The number of nitrogens with one attached hydrogen (secondary N) is 4. The van der Waals surface area contributed by atoms with Crippen molar-refractivity contribution in [2.24, 2.45) is 0 Å². The van der Waals surface area contributed by atoms with Crippen LogP contribution >= 0.6 is 24.0 Å². The van der Waals surface area contributed by atoms with Crippen molar-refractivity contribution in [3.63, 3.8) is 0 Å². The second kappa shape index (κ2) is 11.4. The van der Waals surface area contributed by atoms with Gasteiger partial charge in [0, 0.05) is 35.9 Å². The zero-order valence-corrected chi connectivity index (χ0v) is 21.5. The van der Waals surface area contributed by atoms with E-state index in [1.54, 1.807) is 11.8 Å². The third-order valence-electron chi connectivity index (χ3n) is 5.64. The van der Waals surface area contributed by atoms with Crippen LogP contribution in [0.15, 0.2) is 66.0 Å². The van der Waals surface area contributed by atoms with Gasteiger partial charge in [0.05, 0.1) is 0 Å². The molecule has 9 nitrogen and oxygen atoms in total. The van der Waals surface area contributed by atoms with Crippen molar-refractivity contribution in [2.75, 3.05) is 11.2 Å². The van der Waals surface area contributed by atoms with Crippen molar-refractivity contribution in [3.05, 3.63) is 71.9 Å². The molecule has 0 amide bonds. The number of nitrogens with zero attached hydrogens (tertiary/aromatic N) is 5. The normalized spacial score (nSPS) is 11.1. The molecule has 2 aromatic carbocycles. The number of benzene rings is 2. The first-order valence-electron chi connectivity index (χ1n) is 11.8. The van der Waals surface area contributed by atoms with E-state index in [1.165, 1.54) is 10.9 Å². The summed E-state index contributed by atoms with van der Waals surface area (Å²) in [6, 6.07) is 18.4. The van der Waals surface area contributed by atoms with Gasteiger partial charge in [0.2, 0.25) is 0 Å². The molecule has 0 atom stereocenters. The summed E-state index contributed by atoms with van der Waals surface area (Å²) in [6.45, 7) is 3.41. The average Bonchev–Trinajstić information content (AvgIpc) is 3.52. The summed E-state index contributed by atoms with van der Waals surface area (Å²) in [4.78, 5) is 12.8. The van der Waals surface area contributed by atoms with Crippen molar-refractivity contribution in [1.82, 2.24) is 40.7 Å². The SMILES string of the molecule is CCCSc1nc(NNC(=S)NCc2ccccc2)c2nnn(CCc3c[nH]c4ccccc34)c2n1. The van der Waals surface area contributed by atoms with Crippen LogP contribution in [-0.2, 0) is 19.5 Å². The van der Waals surface area contributed by atoms with Crippen molar-refractivity contribution >= 4 is 57.0 Å². The Labute approximate surface area is 218 Å². The van der Waals surface area contributed by atoms with Crippen molar-refractivity contribution in [2.45, 2.75) is 38.0 Å². The highest BCUT2D eigenvalue weighted by Crippen LogP contribution is 2.24. The van der Waals surface area contributed by atoms with Gasteiger partial charge < -0.3 is 10.3 Å². The quantitative estimate of drug-likeness (QED) is 0.0925. The fourth-order valence-electron chi connectivity index (χ4n) is 3.83. The van der Waals surface area contributed by atoms with Crippen LogP contribution in [0.3, 0.4) is 0 Å². The molecule has 0 unspecified atom stereocenters. The van der Waals surface area contributed by atoms with Crippen LogP contribution in [0.2, 0.25) is 0 Å². The molecule has 11 heteroatoms. The first kappa shape index (κ1) is 24.0. The number of aromatic nitrogens is 6. The number of H-pyrrole nitrogens is 1. The topological polar surface area (TPSA) is 108 Å². The third-order valence-corrected chi connectivity index (χ3v) is 6.94. The molecule has 5 rings (SSSR count). The van der Waals surface area contributed by atoms with E-state index >= 15 is 0 Å². The van der Waals surface area contributed by atoms with Gasteiger partial charge in [0.15, 0.2) is 27.3 Å². The molecule has 0 aliphatic rings. The Bertz CT molecular complexity index is 1460. The molecule has 4 N–H and O–H groups in total. The van der Waals surface area contributed by atoms with Gasteiger partial charge in [-0.15, -0.1) is 5.10 Å². The molecule has 0 saturated carbocycles. The summed E-state index contributed by atoms with van der Waals surface area (Å²) in [6.07, 6.45) is 3.89. The van der Waals surface area contributed by atoms with Gasteiger partial charge in [-0.2, -0.15) is 0 Å². The van der Waals surface area contributed by atoms with Crippen LogP contribution in [0.25, 0.3) is 22.1 Å². The fourth-order valence-corrected chi connectivity index (χ4v) is 4.65. The summed E-state index contributed by atoms with van der Waals surface area (Å²) < 4.78 is 1.84. The maximum Gasteiger partial charge on any atom is 0.191 e. The fraction of sp³-hybridized carbons (Fsp3) is 0.240. The lowest BCUT2D eigenvalue weighted by Gasteiger charge is -2.13. The molecule has 3 heterocycles. The molecule has 0 saturated heterocycles. The highest BCUT2D eigenvalue weighted by Gasteiger charge is 2.16. The number of rotatable bonds is 10. The zero-order valence-electron chi connectivity index (χ0n) is 19.9. The van der Waals surface area contributed by atoms with Crippen molar-refractivity contribution < 1.29 is 0 Å². The lowest BCUT2D eigenvalue weighted by atomic mass is 10.1. The molecule has 0 radical (unpaired) electrons. The van der Waals surface area contributed by atoms with Crippen LogP contribution in [0.4, 0.5) is 5.82 Å². The second-order valence-electron chi connectivity index (χ2n) is 8.22. The minimum atomic E-state index is 0.458. The Morgan fingerprint density at radius 3 is 2.78 bits per heavy atom. The molecule has 36 heavy (non-hydrogen) atoms. The van der Waals surface area contributed by atoms with E-state index in [4.69, 9.17) is 17.2 Å². The Morgan fingerprint density at radius 1 is 1.08 bits per heavy atom. The molecule has 0 aliphatic heterocycles. The Kier molecular flexibility index (Phi) is 7.58. The van der Waals surface area contributed by atoms with E-state index in [-0.39, 0.29) is 0 Å². The number of fused-ring (bicyclic) bond motifs is 2. The van der Waals surface area contributed by atoms with Gasteiger partial charge in [-0.1, -0.05) is 72.4 Å². The maximum absolute atomic E-state index is 5.43. The van der Waals surface area contributed by atoms with Gasteiger partial charge >= 0.3 is 0 Å². The molecule has 0 aliphatic carbocycles. The molecule has 184 valence electrons. The first-order chi connectivity index (χ1) is 17.7. The summed E-state index contributed by atoms with van der Waals surface area (Å²) in [5.74, 6) is 1.47. The zero-order chi connectivity index (χ0) is 24.7. The van der Waals surface area contributed by atoms with Crippen LogP contribution < -0.4 is 16.2 Å². The van der Waals surface area contributed by atoms with E-state index in [2.05, 4.69) is 67.8 Å². The molecule has 5 aromatic rings. The molecular formula is C25H27N9S2. The van der Waals surface area contributed by atoms with Crippen LogP contribution in [0, 0.1) is 0 Å². The number of aromatic amines is 1. The molecular weight excluding hydrogens is 490 g/mol. The number of aryl methyl sites for hydroxylation is 2. The predicted octanol–water partition coefficient (Wildman–Crippen LogP) is 4.44. The average molecular weight is 518 g/mol. The first-order valence-corrected chi connectivity index (χ1v) is 13.2. The highest BCUT2D eigenvalue weighted by molar-refractivity contribution is 7.99. The maximum atomic E-state index is 5.43. The van der Waals surface area contributed by atoms with Gasteiger partial charge in [0.25, 0.3) is 0 Å². The van der Waals surface area contributed by atoms with E-state index in [1.807, 2.05) is 41.1 Å². The summed E-state index contributed by atoms with van der Waals surface area (Å²) in [7, 11) is 0. The lowest BCUT2D eigenvalue weighted by Crippen LogP contribution is -2.38. The van der Waals surface area contributed by atoms with E-state index < -0.39 is 0 Å². The van der Waals surface area contributed by atoms with E-state index in [0.717, 1.165) is 29.7 Å². The predicted molar refractivity (Wildman–Crippen MR) is 149 cm³/mol. The smallest absolute Gasteiger partial charge is 0.191 e. The largest absolute Gasteiger partial charge is 0.361 e. The van der Waals surface area contributed by atoms with E-state index in [0.29, 0.717) is 40.3 Å². The highest BCUT2D eigenvalue weighted by atomic mass is 32.2. The summed E-state index contributed by atoms with van der Waals surface area (Å²) >= 11 is 7.04. The second-order valence-corrected chi connectivity index (χ2v) is 9.69. The van der Waals surface area contributed by atoms with E-state index in [9.17, 15) is 0 Å². The van der Waals surface area contributed by atoms with Crippen molar-refractivity contribution in [1.29, 1.82) is 0 Å². The van der Waals surface area contributed by atoms with Gasteiger partial charge in [-0.3, -0.25) is 10.9 Å². The number of thiocarbonyl (C=S) groups is 1. The number of hydrogen-bond acceptors (Lipinski definition) is 7. The summed E-state index contributed by atoms with van der Waals surface area (Å²) in [5.41, 5.74) is 10.9. The lowest BCUT2D eigenvalue weighted by molar-refractivity contribution is 0.601. The minimum absolute atomic E-state index is 0.458. The van der Waals surface area contributed by atoms with Crippen LogP contribution in [-0.4, -0.2) is 40.8 Å². The van der Waals surface area contributed by atoms with Gasteiger partial charge in [-0.25, -0.2) is 14.6 Å². The molecule has 0 spiro atoms. The van der Waals surface area contributed by atoms with Gasteiger partial charge in [-0.05, 0) is 42.3 Å². The number of anilines is 1. The number of hydrazine groups is 1.